The first-order chi connectivity index (χ1) is 14.2. The zero-order valence-electron chi connectivity index (χ0n) is 17.9. The summed E-state index contributed by atoms with van der Waals surface area (Å²) in [6, 6.07) is 7.98. The van der Waals surface area contributed by atoms with Crippen molar-refractivity contribution in [1.82, 2.24) is 14.7 Å². The van der Waals surface area contributed by atoms with Crippen molar-refractivity contribution in [3.05, 3.63) is 35.7 Å². The second kappa shape index (κ2) is 13.1. The molecule has 7 heteroatoms. The number of carbonyl (C=O) groups excluding carboxylic acids is 1. The second-order valence-corrected chi connectivity index (χ2v) is 7.90. The van der Waals surface area contributed by atoms with Crippen molar-refractivity contribution in [1.29, 1.82) is 0 Å². The summed E-state index contributed by atoms with van der Waals surface area (Å²) in [7, 11) is 1.67. The molecule has 0 aliphatic carbocycles. The molecule has 0 aliphatic heterocycles. The molecule has 1 heterocycles. The highest BCUT2D eigenvalue weighted by Crippen LogP contribution is 2.21. The Morgan fingerprint density at radius 1 is 1.17 bits per heavy atom. The van der Waals surface area contributed by atoms with E-state index in [-0.39, 0.29) is 5.91 Å². The fourth-order valence-electron chi connectivity index (χ4n) is 2.99. The maximum atomic E-state index is 12.1. The lowest BCUT2D eigenvalue weighted by molar-refractivity contribution is -0.120. The molecule has 160 valence electrons. The number of benzene rings is 1. The molecule has 0 radical (unpaired) electrons. The van der Waals surface area contributed by atoms with E-state index in [1.54, 1.807) is 7.11 Å². The zero-order chi connectivity index (χ0) is 20.9. The van der Waals surface area contributed by atoms with Gasteiger partial charge in [0.1, 0.15) is 11.6 Å². The lowest BCUT2D eigenvalue weighted by atomic mass is 10.1. The monoisotopic (exact) mass is 418 g/mol. The van der Waals surface area contributed by atoms with Gasteiger partial charge in [0.2, 0.25) is 11.0 Å². The third-order valence-electron chi connectivity index (χ3n) is 4.72. The van der Waals surface area contributed by atoms with Gasteiger partial charge < -0.3 is 15.0 Å². The fraction of sp³-hybridized carbons (Fsp3) is 0.591. The summed E-state index contributed by atoms with van der Waals surface area (Å²) in [5.41, 5.74) is 1.13. The molecular weight excluding hydrogens is 384 g/mol. The first-order valence-corrected chi connectivity index (χ1v) is 11.4. The van der Waals surface area contributed by atoms with Gasteiger partial charge >= 0.3 is 0 Å². The maximum Gasteiger partial charge on any atom is 0.221 e. The number of ether oxygens (including phenoxy) is 1. The third-order valence-corrected chi connectivity index (χ3v) is 5.53. The minimum absolute atomic E-state index is 0.115. The highest BCUT2D eigenvalue weighted by Gasteiger charge is 2.14. The first-order valence-electron chi connectivity index (χ1n) is 10.6. The van der Waals surface area contributed by atoms with Crippen molar-refractivity contribution in [2.75, 3.05) is 31.6 Å². The van der Waals surface area contributed by atoms with Gasteiger partial charge in [-0.1, -0.05) is 45.2 Å². The molecule has 6 nitrogen and oxygen atoms in total. The molecule has 0 saturated carbocycles. The van der Waals surface area contributed by atoms with E-state index < -0.39 is 0 Å². The Bertz CT molecular complexity index is 735. The van der Waals surface area contributed by atoms with Crippen LogP contribution < -0.4 is 15.0 Å². The highest BCUT2D eigenvalue weighted by atomic mass is 32.1. The van der Waals surface area contributed by atoms with E-state index in [0.717, 1.165) is 67.5 Å². The predicted molar refractivity (Wildman–Crippen MR) is 120 cm³/mol. The van der Waals surface area contributed by atoms with Gasteiger partial charge in [-0.15, -0.1) is 0 Å². The van der Waals surface area contributed by atoms with E-state index >= 15 is 0 Å². The Kier molecular flexibility index (Phi) is 10.5. The van der Waals surface area contributed by atoms with Crippen molar-refractivity contribution in [3.8, 4) is 5.75 Å². The largest absolute Gasteiger partial charge is 0.497 e. The number of unbranched alkanes of at least 4 members (excludes halogenated alkanes) is 3. The summed E-state index contributed by atoms with van der Waals surface area (Å²) in [5.74, 6) is 1.76. The topological polar surface area (TPSA) is 67.4 Å². The van der Waals surface area contributed by atoms with Crippen LogP contribution in [0.5, 0.6) is 5.75 Å². The molecule has 0 bridgehead atoms. The van der Waals surface area contributed by atoms with Gasteiger partial charge in [-0.25, -0.2) is 4.98 Å². The lowest BCUT2D eigenvalue weighted by Crippen LogP contribution is -2.32. The fourth-order valence-corrected chi connectivity index (χ4v) is 3.73. The summed E-state index contributed by atoms with van der Waals surface area (Å²) in [6.45, 7) is 6.68. The molecule has 0 saturated heterocycles. The molecule has 1 aromatic heterocycles. The molecule has 1 aromatic carbocycles. The van der Waals surface area contributed by atoms with Crippen molar-refractivity contribution in [3.63, 3.8) is 0 Å². The summed E-state index contributed by atoms with van der Waals surface area (Å²) >= 11 is 1.42. The van der Waals surface area contributed by atoms with Crippen molar-refractivity contribution in [2.45, 2.75) is 58.8 Å². The van der Waals surface area contributed by atoms with Crippen LogP contribution in [0.3, 0.4) is 0 Å². The molecule has 1 amide bonds. The highest BCUT2D eigenvalue weighted by molar-refractivity contribution is 7.09. The van der Waals surface area contributed by atoms with Gasteiger partial charge in [0, 0.05) is 44.0 Å². The van der Waals surface area contributed by atoms with E-state index in [1.807, 2.05) is 18.2 Å². The molecule has 2 rings (SSSR count). The third kappa shape index (κ3) is 8.40. The predicted octanol–water partition coefficient (Wildman–Crippen LogP) is 4.44. The molecule has 0 unspecified atom stereocenters. The van der Waals surface area contributed by atoms with Gasteiger partial charge in [-0.05, 0) is 30.5 Å². The van der Waals surface area contributed by atoms with Crippen LogP contribution >= 0.6 is 11.5 Å². The second-order valence-electron chi connectivity index (χ2n) is 7.17. The van der Waals surface area contributed by atoms with Crippen molar-refractivity contribution < 1.29 is 9.53 Å². The quantitative estimate of drug-likeness (QED) is 0.459. The number of nitrogens with zero attached hydrogens (tertiary/aromatic N) is 3. The molecular formula is C22H34N4O2S. The molecule has 2 aromatic rings. The summed E-state index contributed by atoms with van der Waals surface area (Å²) in [6.07, 6.45) is 6.71. The summed E-state index contributed by atoms with van der Waals surface area (Å²) < 4.78 is 9.83. The minimum Gasteiger partial charge on any atom is -0.497 e. The van der Waals surface area contributed by atoms with Gasteiger partial charge in [-0.2, -0.15) is 4.37 Å². The number of rotatable bonds is 14. The van der Waals surface area contributed by atoms with E-state index in [4.69, 9.17) is 9.72 Å². The van der Waals surface area contributed by atoms with Crippen LogP contribution in [0.1, 0.15) is 63.8 Å². The van der Waals surface area contributed by atoms with Gasteiger partial charge in [0.05, 0.1) is 7.11 Å². The number of hydrogen-bond acceptors (Lipinski definition) is 6. The van der Waals surface area contributed by atoms with Crippen LogP contribution in [-0.4, -0.2) is 42.0 Å². The number of aromatic nitrogens is 2. The summed E-state index contributed by atoms with van der Waals surface area (Å²) in [4.78, 5) is 19.1. The Morgan fingerprint density at radius 2 is 2.00 bits per heavy atom. The van der Waals surface area contributed by atoms with Crippen LogP contribution in [0.4, 0.5) is 5.13 Å². The minimum atomic E-state index is 0.115. The van der Waals surface area contributed by atoms with Crippen LogP contribution in [0.2, 0.25) is 0 Å². The standard InChI is InChI=1S/C22H34N4O2S/c1-4-6-8-13-23-21(27)12-15-26(14-7-5-2)22-24-20(25-29-22)17-18-10-9-11-19(16-18)28-3/h9-11,16H,4-8,12-15,17H2,1-3H3,(H,23,27). The Hall–Kier alpha value is -2.15. The molecule has 0 aliphatic rings. The average Bonchev–Trinajstić information content (AvgIpc) is 3.19. The van der Waals surface area contributed by atoms with Crippen LogP contribution in [0.25, 0.3) is 0 Å². The van der Waals surface area contributed by atoms with Gasteiger partial charge in [-0.3, -0.25) is 4.79 Å². The molecule has 29 heavy (non-hydrogen) atoms. The number of nitrogens with one attached hydrogen (secondary N) is 1. The number of carbonyl (C=O) groups is 1. The van der Waals surface area contributed by atoms with Crippen LogP contribution in [-0.2, 0) is 11.2 Å². The Balaban J connectivity index is 1.92. The van der Waals surface area contributed by atoms with Crippen LogP contribution in [0, 0.1) is 0 Å². The van der Waals surface area contributed by atoms with Crippen molar-refractivity contribution in [2.24, 2.45) is 0 Å². The molecule has 0 atom stereocenters. The zero-order valence-corrected chi connectivity index (χ0v) is 18.8. The normalized spacial score (nSPS) is 10.7. The maximum absolute atomic E-state index is 12.1. The Labute approximate surface area is 178 Å². The average molecular weight is 419 g/mol. The smallest absolute Gasteiger partial charge is 0.221 e. The number of anilines is 1. The number of hydrogen-bond donors (Lipinski definition) is 1. The molecule has 1 N–H and O–H groups in total. The number of amides is 1. The lowest BCUT2D eigenvalue weighted by Gasteiger charge is -2.20. The first kappa shape index (κ1) is 23.1. The SMILES string of the molecule is CCCCCNC(=O)CCN(CCCC)c1nc(Cc2cccc(OC)c2)ns1. The molecule has 0 fully saturated rings. The van der Waals surface area contributed by atoms with Gasteiger partial charge in [0.25, 0.3) is 0 Å². The van der Waals surface area contributed by atoms with E-state index in [2.05, 4.69) is 34.5 Å². The molecule has 0 spiro atoms. The van der Waals surface area contributed by atoms with E-state index in [0.29, 0.717) is 19.4 Å². The summed E-state index contributed by atoms with van der Waals surface area (Å²) in [5, 5.41) is 3.92. The van der Waals surface area contributed by atoms with Gasteiger partial charge in [0.15, 0.2) is 0 Å². The van der Waals surface area contributed by atoms with E-state index in [1.165, 1.54) is 11.5 Å². The van der Waals surface area contributed by atoms with E-state index in [9.17, 15) is 4.79 Å². The Morgan fingerprint density at radius 3 is 2.76 bits per heavy atom. The number of methoxy groups -OCH3 is 1. The van der Waals surface area contributed by atoms with Crippen LogP contribution in [0.15, 0.2) is 24.3 Å². The van der Waals surface area contributed by atoms with Crippen molar-refractivity contribution >= 4 is 22.6 Å².